The lowest BCUT2D eigenvalue weighted by molar-refractivity contribution is -0.292. The molecule has 168 valence electrons. The van der Waals surface area contributed by atoms with E-state index in [1.54, 1.807) is 24.3 Å². The second kappa shape index (κ2) is 9.50. The lowest BCUT2D eigenvalue weighted by Gasteiger charge is -2.40. The molecule has 1 saturated heterocycles. The van der Waals surface area contributed by atoms with Crippen molar-refractivity contribution in [2.45, 2.75) is 37.1 Å². The average Bonchev–Trinajstić information content (AvgIpc) is 2.73. The van der Waals surface area contributed by atoms with Crippen molar-refractivity contribution in [1.82, 2.24) is 0 Å². The van der Waals surface area contributed by atoms with Gasteiger partial charge in [0, 0.05) is 18.4 Å². The summed E-state index contributed by atoms with van der Waals surface area (Å²) in [6.45, 7) is -0.629. The van der Waals surface area contributed by atoms with E-state index >= 15 is 0 Å². The number of aliphatic hydroxyl groups excluding tert-OH is 5. The number of benzene rings is 1. The van der Waals surface area contributed by atoms with Gasteiger partial charge in [0.2, 0.25) is 6.29 Å². The Morgan fingerprint density at radius 2 is 1.77 bits per heavy atom. The number of allylic oxidation sites excluding steroid dienone is 3. The third-order valence-electron chi connectivity index (χ3n) is 5.13. The molecule has 1 aliphatic heterocycles. The molecule has 10 heteroatoms. The maximum absolute atomic E-state index is 11.6. The first-order valence-electron chi connectivity index (χ1n) is 9.52. The highest BCUT2D eigenvalue weighted by Gasteiger charge is 2.45. The zero-order valence-electron chi connectivity index (χ0n) is 16.3. The van der Waals surface area contributed by atoms with Gasteiger partial charge < -0.3 is 45.2 Å². The van der Waals surface area contributed by atoms with Gasteiger partial charge in [0.05, 0.1) is 12.2 Å². The Labute approximate surface area is 177 Å². The van der Waals surface area contributed by atoms with Crippen LogP contribution in [0, 0.1) is 5.92 Å². The molecule has 31 heavy (non-hydrogen) atoms. The van der Waals surface area contributed by atoms with E-state index < -0.39 is 55.0 Å². The van der Waals surface area contributed by atoms with Crippen LogP contribution < -0.4 is 0 Å². The molecule has 0 aromatic heterocycles. The molecule has 1 unspecified atom stereocenters. The summed E-state index contributed by atoms with van der Waals surface area (Å²) in [4.78, 5) is 11.6. The van der Waals surface area contributed by atoms with Crippen LogP contribution in [0.4, 0.5) is 0 Å². The fourth-order valence-corrected chi connectivity index (χ4v) is 3.44. The number of carbonyl (C=O) groups is 1. The zero-order chi connectivity index (χ0) is 22.7. The maximum atomic E-state index is 11.6. The quantitative estimate of drug-likeness (QED) is 0.322. The molecule has 1 aromatic carbocycles. The molecular weight excluding hydrogens is 412 g/mol. The summed E-state index contributed by atoms with van der Waals surface area (Å²) < 4.78 is 10.8. The van der Waals surface area contributed by atoms with E-state index in [9.17, 15) is 40.5 Å². The largest absolute Gasteiger partial charge is 0.508 e. The third-order valence-corrected chi connectivity index (χ3v) is 5.13. The topological polar surface area (TPSA) is 177 Å². The molecule has 2 aliphatic rings. The number of aliphatic carboxylic acids is 1. The van der Waals surface area contributed by atoms with Crippen LogP contribution in [-0.4, -0.2) is 79.0 Å². The number of phenolic OH excluding ortho intramolecular Hbond substituents is 1. The van der Waals surface area contributed by atoms with E-state index in [1.807, 2.05) is 0 Å². The third kappa shape index (κ3) is 5.06. The van der Waals surface area contributed by atoms with Crippen molar-refractivity contribution in [3.8, 4) is 5.75 Å². The monoisotopic (exact) mass is 436 g/mol. The SMILES string of the molecule is O=C(O)C1=C(O)C=C(O[C@@H]2O[C@H](CO)[C@@H](O)[C@H](O)[C@H]2O)CC1C=Cc1ccc(O)cc1. The predicted octanol–water partition coefficient (Wildman–Crippen LogP) is 0.0224. The summed E-state index contributed by atoms with van der Waals surface area (Å²) in [7, 11) is 0. The van der Waals surface area contributed by atoms with Gasteiger partial charge in [-0.05, 0) is 17.7 Å². The Hall–Kier alpha value is -2.89. The molecule has 10 nitrogen and oxygen atoms in total. The number of carboxylic acids is 1. The highest BCUT2D eigenvalue weighted by molar-refractivity contribution is 5.89. The van der Waals surface area contributed by atoms with Gasteiger partial charge in [0.15, 0.2) is 0 Å². The smallest absolute Gasteiger partial charge is 0.335 e. The lowest BCUT2D eigenvalue weighted by atomic mass is 9.88. The maximum Gasteiger partial charge on any atom is 0.335 e. The van der Waals surface area contributed by atoms with E-state index in [0.717, 1.165) is 6.08 Å². The number of carboxylic acid groups (broad SMARTS) is 1. The average molecular weight is 436 g/mol. The number of hydrogen-bond donors (Lipinski definition) is 7. The Balaban J connectivity index is 1.81. The normalized spacial score (nSPS) is 31.5. The van der Waals surface area contributed by atoms with Gasteiger partial charge in [-0.25, -0.2) is 4.79 Å². The summed E-state index contributed by atoms with van der Waals surface area (Å²) in [5.41, 5.74) is 0.434. The molecule has 1 heterocycles. The Morgan fingerprint density at radius 1 is 1.10 bits per heavy atom. The van der Waals surface area contributed by atoms with Crippen LogP contribution >= 0.6 is 0 Å². The summed E-state index contributed by atoms with van der Waals surface area (Å²) in [6.07, 6.45) is -3.20. The van der Waals surface area contributed by atoms with Crippen molar-refractivity contribution in [2.24, 2.45) is 5.92 Å². The van der Waals surface area contributed by atoms with E-state index in [-0.39, 0.29) is 23.5 Å². The van der Waals surface area contributed by atoms with Crippen LogP contribution in [-0.2, 0) is 14.3 Å². The van der Waals surface area contributed by atoms with Crippen LogP contribution in [0.15, 0.2) is 53.5 Å². The van der Waals surface area contributed by atoms with Crippen molar-refractivity contribution < 1.29 is 50.0 Å². The van der Waals surface area contributed by atoms with Gasteiger partial charge in [0.1, 0.15) is 41.7 Å². The van der Waals surface area contributed by atoms with Crippen LogP contribution in [0.1, 0.15) is 12.0 Å². The van der Waals surface area contributed by atoms with Crippen molar-refractivity contribution in [1.29, 1.82) is 0 Å². The van der Waals surface area contributed by atoms with E-state index in [4.69, 9.17) is 9.47 Å². The molecule has 0 saturated carbocycles. The predicted molar refractivity (Wildman–Crippen MR) is 105 cm³/mol. The van der Waals surface area contributed by atoms with Gasteiger partial charge >= 0.3 is 5.97 Å². The number of aromatic hydroxyl groups is 1. The van der Waals surface area contributed by atoms with Crippen LogP contribution in [0.5, 0.6) is 5.75 Å². The molecule has 0 amide bonds. The highest BCUT2D eigenvalue weighted by atomic mass is 16.7. The second-order valence-electron chi connectivity index (χ2n) is 7.29. The molecule has 6 atom stereocenters. The van der Waals surface area contributed by atoms with E-state index in [0.29, 0.717) is 5.56 Å². The minimum atomic E-state index is -1.64. The van der Waals surface area contributed by atoms with Gasteiger partial charge in [-0.2, -0.15) is 0 Å². The zero-order valence-corrected chi connectivity index (χ0v) is 16.3. The fraction of sp³-hybridized carbons (Fsp3) is 0.381. The summed E-state index contributed by atoms with van der Waals surface area (Å²) >= 11 is 0. The Bertz CT molecular complexity index is 886. The molecule has 3 rings (SSSR count). The van der Waals surface area contributed by atoms with Crippen molar-refractivity contribution in [2.75, 3.05) is 6.61 Å². The van der Waals surface area contributed by atoms with Crippen LogP contribution in [0.25, 0.3) is 6.08 Å². The first kappa shape index (κ1) is 22.8. The summed E-state index contributed by atoms with van der Waals surface area (Å²) in [5.74, 6) is -2.50. The number of hydrogen-bond acceptors (Lipinski definition) is 9. The summed E-state index contributed by atoms with van der Waals surface area (Å²) in [6, 6.07) is 6.19. The number of aliphatic hydroxyl groups is 5. The van der Waals surface area contributed by atoms with E-state index in [2.05, 4.69) is 0 Å². The van der Waals surface area contributed by atoms with Crippen molar-refractivity contribution in [3.05, 3.63) is 59.1 Å². The fourth-order valence-electron chi connectivity index (χ4n) is 3.44. The number of ether oxygens (including phenoxy) is 2. The molecule has 1 aliphatic carbocycles. The standard InChI is InChI=1S/C21H24O10/c22-9-15-17(25)18(26)19(27)21(31-15)30-13-7-11(16(20(28)29)14(24)8-13)4-1-10-2-5-12(23)6-3-10/h1-6,8,11,15,17-19,21-27H,7,9H2,(H,28,29)/t11?,15-,17-,18+,19-,21-/m1/s1. The second-order valence-corrected chi connectivity index (χ2v) is 7.29. The van der Waals surface area contributed by atoms with Crippen LogP contribution in [0.3, 0.4) is 0 Å². The molecule has 1 aromatic rings. The van der Waals surface area contributed by atoms with Crippen molar-refractivity contribution >= 4 is 12.0 Å². The Morgan fingerprint density at radius 3 is 2.39 bits per heavy atom. The highest BCUT2D eigenvalue weighted by Crippen LogP contribution is 2.33. The molecule has 0 spiro atoms. The minimum absolute atomic E-state index is 0.00467. The number of phenols is 1. The van der Waals surface area contributed by atoms with E-state index in [1.165, 1.54) is 12.1 Å². The van der Waals surface area contributed by atoms with Crippen molar-refractivity contribution in [3.63, 3.8) is 0 Å². The molecular formula is C21H24O10. The first-order valence-corrected chi connectivity index (χ1v) is 9.52. The van der Waals surface area contributed by atoms with Gasteiger partial charge in [-0.15, -0.1) is 0 Å². The molecule has 0 bridgehead atoms. The van der Waals surface area contributed by atoms with Gasteiger partial charge in [-0.1, -0.05) is 24.3 Å². The molecule has 1 fully saturated rings. The summed E-state index contributed by atoms with van der Waals surface area (Å²) in [5, 5.41) is 68.2. The molecule has 0 radical (unpaired) electrons. The lowest BCUT2D eigenvalue weighted by Crippen LogP contribution is -2.59. The number of rotatable bonds is 6. The van der Waals surface area contributed by atoms with Gasteiger partial charge in [0.25, 0.3) is 0 Å². The van der Waals surface area contributed by atoms with Gasteiger partial charge in [-0.3, -0.25) is 0 Å². The van der Waals surface area contributed by atoms with Crippen LogP contribution in [0.2, 0.25) is 0 Å². The minimum Gasteiger partial charge on any atom is -0.508 e. The first-order chi connectivity index (χ1) is 14.7. The Kier molecular flexibility index (Phi) is 6.98. The molecule has 7 N–H and O–H groups in total.